The number of aliphatic carboxylic acids is 1. The van der Waals surface area contributed by atoms with Crippen LogP contribution in [0.3, 0.4) is 0 Å². The third-order valence-electron chi connectivity index (χ3n) is 5.20. The number of hydrogen-bond donors (Lipinski definition) is 1. The number of halogens is 1. The molecule has 9 heteroatoms. The highest BCUT2D eigenvalue weighted by atomic mass is 35.5. The Hall–Kier alpha value is -3.67. The number of fused-ring (bicyclic) bond motifs is 1. The van der Waals surface area contributed by atoms with Crippen molar-refractivity contribution < 1.29 is 19.1 Å². The summed E-state index contributed by atoms with van der Waals surface area (Å²) in [6.07, 6.45) is 1.51. The van der Waals surface area contributed by atoms with E-state index >= 15 is 0 Å². The summed E-state index contributed by atoms with van der Waals surface area (Å²) in [4.78, 5) is 24.9. The van der Waals surface area contributed by atoms with Crippen molar-refractivity contribution in [1.29, 1.82) is 0 Å². The van der Waals surface area contributed by atoms with Gasteiger partial charge in [0.1, 0.15) is 11.7 Å². The van der Waals surface area contributed by atoms with Gasteiger partial charge < -0.3 is 14.3 Å². The van der Waals surface area contributed by atoms with Gasteiger partial charge in [0, 0.05) is 18.1 Å². The van der Waals surface area contributed by atoms with Crippen LogP contribution < -0.4 is 0 Å². The number of carbonyl (C=O) groups is 1. The molecule has 1 saturated heterocycles. The van der Waals surface area contributed by atoms with Gasteiger partial charge in [-0.3, -0.25) is 9.36 Å². The minimum atomic E-state index is -0.892. The average Bonchev–Trinajstić information content (AvgIpc) is 3.52. The normalized spacial score (nSPS) is 17.9. The van der Waals surface area contributed by atoms with Crippen LogP contribution in [0.1, 0.15) is 30.5 Å². The molecule has 32 heavy (non-hydrogen) atoms. The van der Waals surface area contributed by atoms with Crippen LogP contribution in [-0.2, 0) is 9.53 Å². The number of imidazole rings is 1. The molecule has 160 valence electrons. The van der Waals surface area contributed by atoms with Gasteiger partial charge in [0.15, 0.2) is 22.4 Å². The molecule has 2 atom stereocenters. The van der Waals surface area contributed by atoms with Gasteiger partial charge in [-0.1, -0.05) is 35.7 Å². The van der Waals surface area contributed by atoms with E-state index in [-0.39, 0.29) is 23.3 Å². The second-order valence-electron chi connectivity index (χ2n) is 7.32. The summed E-state index contributed by atoms with van der Waals surface area (Å²) in [7, 11) is 0. The lowest BCUT2D eigenvalue weighted by atomic mass is 10.0. The Kier molecular flexibility index (Phi) is 5.35. The van der Waals surface area contributed by atoms with Crippen molar-refractivity contribution in [2.24, 2.45) is 5.92 Å². The third-order valence-corrected chi connectivity index (χ3v) is 5.47. The van der Waals surface area contributed by atoms with E-state index in [1.807, 2.05) is 30.3 Å². The van der Waals surface area contributed by atoms with Crippen LogP contribution in [0.5, 0.6) is 0 Å². The molecule has 0 bridgehead atoms. The fourth-order valence-corrected chi connectivity index (χ4v) is 4.00. The fraction of sp³-hybridized carbons (Fsp3) is 0.217. The standard InChI is InChI=1S/C23H17ClN4O4/c24-20-19-22(26-17(25-20)9-8-14-5-2-1-3-6-14)28(21(27-19)16-7-4-11-31-16)23-15(10-12-32-23)13-18(29)30/h1-7,11,15,23H,10,12-13H2,(H,29,30)/t15-,23-/m1/s1. The molecule has 1 fully saturated rings. The molecule has 4 heterocycles. The summed E-state index contributed by atoms with van der Waals surface area (Å²) >= 11 is 6.46. The van der Waals surface area contributed by atoms with Gasteiger partial charge in [0.2, 0.25) is 5.82 Å². The predicted octanol–water partition coefficient (Wildman–Crippen LogP) is 4.15. The molecule has 3 aromatic heterocycles. The Bertz CT molecular complexity index is 1340. The van der Waals surface area contributed by atoms with Crippen LogP contribution in [0, 0.1) is 17.8 Å². The minimum Gasteiger partial charge on any atom is -0.481 e. The van der Waals surface area contributed by atoms with Gasteiger partial charge in [0.05, 0.1) is 12.7 Å². The number of benzene rings is 1. The lowest BCUT2D eigenvalue weighted by molar-refractivity contribution is -0.139. The Morgan fingerprint density at radius 3 is 2.75 bits per heavy atom. The molecular formula is C23H17ClN4O4. The summed E-state index contributed by atoms with van der Waals surface area (Å²) in [5.41, 5.74) is 1.60. The van der Waals surface area contributed by atoms with E-state index in [0.29, 0.717) is 35.8 Å². The van der Waals surface area contributed by atoms with E-state index in [0.717, 1.165) is 5.56 Å². The molecular weight excluding hydrogens is 432 g/mol. The highest BCUT2D eigenvalue weighted by Crippen LogP contribution is 2.39. The van der Waals surface area contributed by atoms with E-state index in [1.54, 1.807) is 16.7 Å². The average molecular weight is 449 g/mol. The zero-order chi connectivity index (χ0) is 22.1. The van der Waals surface area contributed by atoms with E-state index in [4.69, 9.17) is 20.8 Å². The maximum atomic E-state index is 11.4. The molecule has 1 aliphatic heterocycles. The van der Waals surface area contributed by atoms with Crippen molar-refractivity contribution in [1.82, 2.24) is 19.5 Å². The molecule has 4 aromatic rings. The van der Waals surface area contributed by atoms with Gasteiger partial charge in [-0.2, -0.15) is 0 Å². The van der Waals surface area contributed by atoms with Gasteiger partial charge >= 0.3 is 5.97 Å². The summed E-state index contributed by atoms with van der Waals surface area (Å²) in [5.74, 6) is 5.97. The van der Waals surface area contributed by atoms with E-state index in [2.05, 4.69) is 26.8 Å². The first kappa shape index (κ1) is 20.2. The molecule has 8 nitrogen and oxygen atoms in total. The fourth-order valence-electron chi connectivity index (χ4n) is 3.80. The van der Waals surface area contributed by atoms with Gasteiger partial charge in [-0.15, -0.1) is 0 Å². The zero-order valence-electron chi connectivity index (χ0n) is 16.7. The van der Waals surface area contributed by atoms with Crippen LogP contribution >= 0.6 is 11.6 Å². The monoisotopic (exact) mass is 448 g/mol. The molecule has 0 spiro atoms. The summed E-state index contributed by atoms with van der Waals surface area (Å²) < 4.78 is 13.3. The number of carboxylic acid groups (broad SMARTS) is 1. The molecule has 1 N–H and O–H groups in total. The number of rotatable bonds is 4. The summed E-state index contributed by atoms with van der Waals surface area (Å²) in [6, 6.07) is 13.0. The molecule has 0 radical (unpaired) electrons. The lowest BCUT2D eigenvalue weighted by Crippen LogP contribution is -2.19. The first-order valence-corrected chi connectivity index (χ1v) is 10.4. The van der Waals surface area contributed by atoms with E-state index in [1.165, 1.54) is 6.26 Å². The van der Waals surface area contributed by atoms with Crippen molar-refractivity contribution in [2.45, 2.75) is 19.1 Å². The largest absolute Gasteiger partial charge is 0.481 e. The molecule has 0 unspecified atom stereocenters. The lowest BCUT2D eigenvalue weighted by Gasteiger charge is -2.20. The molecule has 0 saturated carbocycles. The van der Waals surface area contributed by atoms with Crippen LogP contribution in [0.15, 0.2) is 53.1 Å². The van der Waals surface area contributed by atoms with Crippen molar-refractivity contribution in [2.75, 3.05) is 6.61 Å². The summed E-state index contributed by atoms with van der Waals surface area (Å²) in [5, 5.41) is 9.50. The second kappa shape index (κ2) is 8.46. The number of nitrogens with zero attached hydrogens (tertiary/aromatic N) is 4. The highest BCUT2D eigenvalue weighted by Gasteiger charge is 2.36. The van der Waals surface area contributed by atoms with Crippen LogP contribution in [0.2, 0.25) is 5.15 Å². The molecule has 1 aliphatic rings. The molecule has 0 amide bonds. The smallest absolute Gasteiger partial charge is 0.303 e. The second-order valence-corrected chi connectivity index (χ2v) is 7.67. The number of aromatic nitrogens is 4. The Labute approximate surface area is 187 Å². The quantitative estimate of drug-likeness (QED) is 0.369. The molecule has 5 rings (SSSR count). The van der Waals surface area contributed by atoms with Crippen molar-refractivity contribution in [3.8, 4) is 23.4 Å². The highest BCUT2D eigenvalue weighted by molar-refractivity contribution is 6.33. The number of hydrogen-bond acceptors (Lipinski definition) is 6. The van der Waals surface area contributed by atoms with Crippen molar-refractivity contribution in [3.63, 3.8) is 0 Å². The number of furan rings is 1. The van der Waals surface area contributed by atoms with Crippen LogP contribution in [0.4, 0.5) is 0 Å². The predicted molar refractivity (Wildman–Crippen MR) is 116 cm³/mol. The Morgan fingerprint density at radius 1 is 1.16 bits per heavy atom. The third kappa shape index (κ3) is 3.84. The van der Waals surface area contributed by atoms with E-state index in [9.17, 15) is 9.90 Å². The zero-order valence-corrected chi connectivity index (χ0v) is 17.5. The van der Waals surface area contributed by atoms with Gasteiger partial charge in [-0.25, -0.2) is 15.0 Å². The first-order chi connectivity index (χ1) is 15.6. The SMILES string of the molecule is O=C(O)C[C@H]1CCO[C@H]1n1c(-c2ccco2)nc2c(Cl)nc(C#Cc3ccccc3)nc21. The summed E-state index contributed by atoms with van der Waals surface area (Å²) in [6.45, 7) is 0.430. The molecule has 0 aliphatic carbocycles. The maximum Gasteiger partial charge on any atom is 0.303 e. The molecule has 1 aromatic carbocycles. The number of ether oxygens (including phenoxy) is 1. The Morgan fingerprint density at radius 2 is 2.00 bits per heavy atom. The topological polar surface area (TPSA) is 103 Å². The van der Waals surface area contributed by atoms with Gasteiger partial charge in [-0.05, 0) is 36.6 Å². The maximum absolute atomic E-state index is 11.4. The minimum absolute atomic E-state index is 0.0403. The van der Waals surface area contributed by atoms with Crippen molar-refractivity contribution >= 4 is 28.7 Å². The number of carboxylic acids is 1. The van der Waals surface area contributed by atoms with E-state index < -0.39 is 12.2 Å². The first-order valence-electron chi connectivity index (χ1n) is 10.00. The Balaban J connectivity index is 1.67. The van der Waals surface area contributed by atoms with Gasteiger partial charge in [0.25, 0.3) is 0 Å². The van der Waals surface area contributed by atoms with Crippen LogP contribution in [-0.4, -0.2) is 37.2 Å². The van der Waals surface area contributed by atoms with Crippen molar-refractivity contribution in [3.05, 3.63) is 65.3 Å². The van der Waals surface area contributed by atoms with Crippen LogP contribution in [0.25, 0.3) is 22.7 Å².